The largest absolute Gasteiger partial charge is 0.399 e. The number of anilines is 2. The second-order valence-corrected chi connectivity index (χ2v) is 4.46. The fourth-order valence-corrected chi connectivity index (χ4v) is 2.18. The minimum absolute atomic E-state index is 0.756. The number of nitrogen functional groups attached to an aromatic ring is 1. The fourth-order valence-electron chi connectivity index (χ4n) is 2.18. The summed E-state index contributed by atoms with van der Waals surface area (Å²) >= 11 is 0. The molecular weight excluding hydrogens is 224 g/mol. The number of nitrogens with zero attached hydrogens (tertiary/aromatic N) is 3. The minimum atomic E-state index is 0.756. The van der Waals surface area contributed by atoms with Crippen LogP contribution in [0, 0.1) is 0 Å². The van der Waals surface area contributed by atoms with Crippen molar-refractivity contribution in [3.8, 4) is 0 Å². The maximum atomic E-state index is 5.87. The first-order chi connectivity index (χ1) is 8.76. The summed E-state index contributed by atoms with van der Waals surface area (Å²) in [5.74, 6) is 0.996. The Morgan fingerprint density at radius 2 is 1.83 bits per heavy atom. The third-order valence-corrected chi connectivity index (χ3v) is 2.92. The van der Waals surface area contributed by atoms with E-state index >= 15 is 0 Å². The lowest BCUT2D eigenvalue weighted by Crippen LogP contribution is -2.26. The van der Waals surface area contributed by atoms with Crippen LogP contribution in [0.5, 0.6) is 0 Å². The van der Waals surface area contributed by atoms with Gasteiger partial charge in [-0.1, -0.05) is 13.8 Å². The van der Waals surface area contributed by atoms with E-state index < -0.39 is 0 Å². The van der Waals surface area contributed by atoms with Crippen LogP contribution in [-0.2, 0) is 0 Å². The molecule has 0 bridgehead atoms. The van der Waals surface area contributed by atoms with Crippen LogP contribution in [0.1, 0.15) is 26.7 Å². The summed E-state index contributed by atoms with van der Waals surface area (Å²) in [7, 11) is 0. The highest BCUT2D eigenvalue weighted by atomic mass is 15.2. The molecule has 1 aromatic heterocycles. The molecule has 0 amide bonds. The number of aromatic nitrogens is 2. The Morgan fingerprint density at radius 3 is 2.50 bits per heavy atom. The van der Waals surface area contributed by atoms with Crippen LogP contribution in [0.15, 0.2) is 24.5 Å². The van der Waals surface area contributed by atoms with E-state index in [4.69, 9.17) is 5.73 Å². The molecule has 0 aliphatic rings. The zero-order valence-corrected chi connectivity index (χ0v) is 11.1. The van der Waals surface area contributed by atoms with Gasteiger partial charge in [0, 0.05) is 24.2 Å². The zero-order valence-electron chi connectivity index (χ0n) is 11.1. The maximum absolute atomic E-state index is 5.87. The van der Waals surface area contributed by atoms with Gasteiger partial charge in [-0.25, -0.2) is 9.97 Å². The third-order valence-electron chi connectivity index (χ3n) is 2.92. The summed E-state index contributed by atoms with van der Waals surface area (Å²) in [6, 6.07) is 5.79. The van der Waals surface area contributed by atoms with Gasteiger partial charge in [0.25, 0.3) is 0 Å². The van der Waals surface area contributed by atoms with E-state index in [1.165, 1.54) is 0 Å². The lowest BCUT2D eigenvalue weighted by molar-refractivity contribution is 0.736. The molecule has 0 radical (unpaired) electrons. The molecule has 0 fully saturated rings. The van der Waals surface area contributed by atoms with Gasteiger partial charge in [-0.3, -0.25) is 0 Å². The van der Waals surface area contributed by atoms with Crippen molar-refractivity contribution in [3.05, 3.63) is 24.5 Å². The standard InChI is InChI=1S/C14H20N4/c1-3-7-18(8-4-2)14-12-9-11(15)5-6-13(12)16-10-17-14/h5-6,9-10H,3-4,7-8,15H2,1-2H3. The van der Waals surface area contributed by atoms with Gasteiger partial charge >= 0.3 is 0 Å². The van der Waals surface area contributed by atoms with Gasteiger partial charge in [0.15, 0.2) is 0 Å². The molecule has 0 aliphatic heterocycles. The minimum Gasteiger partial charge on any atom is -0.399 e. The Labute approximate surface area is 108 Å². The highest BCUT2D eigenvalue weighted by Crippen LogP contribution is 2.25. The Balaban J connectivity index is 2.50. The molecule has 96 valence electrons. The Kier molecular flexibility index (Phi) is 3.97. The molecule has 0 unspecified atom stereocenters. The summed E-state index contributed by atoms with van der Waals surface area (Å²) in [5, 5.41) is 1.04. The van der Waals surface area contributed by atoms with Crippen LogP contribution in [0.4, 0.5) is 11.5 Å². The molecule has 2 rings (SSSR count). The number of hydrogen-bond donors (Lipinski definition) is 1. The highest BCUT2D eigenvalue weighted by Gasteiger charge is 2.11. The lowest BCUT2D eigenvalue weighted by atomic mass is 10.2. The number of benzene rings is 1. The van der Waals surface area contributed by atoms with E-state index in [1.807, 2.05) is 18.2 Å². The first-order valence-electron chi connectivity index (χ1n) is 6.51. The number of nitrogens with two attached hydrogens (primary N) is 1. The smallest absolute Gasteiger partial charge is 0.139 e. The molecule has 0 saturated carbocycles. The highest BCUT2D eigenvalue weighted by molar-refractivity contribution is 5.91. The molecule has 0 spiro atoms. The molecule has 0 atom stereocenters. The van der Waals surface area contributed by atoms with Gasteiger partial charge in [-0.15, -0.1) is 0 Å². The van der Waals surface area contributed by atoms with E-state index in [9.17, 15) is 0 Å². The van der Waals surface area contributed by atoms with Crippen molar-refractivity contribution in [2.75, 3.05) is 23.7 Å². The molecule has 1 heterocycles. The number of rotatable bonds is 5. The summed E-state index contributed by atoms with van der Waals surface area (Å²) < 4.78 is 0. The van der Waals surface area contributed by atoms with Crippen molar-refractivity contribution >= 4 is 22.4 Å². The van der Waals surface area contributed by atoms with Crippen LogP contribution in [0.25, 0.3) is 10.9 Å². The molecule has 1 aromatic carbocycles. The topological polar surface area (TPSA) is 55.0 Å². The first-order valence-corrected chi connectivity index (χ1v) is 6.51. The summed E-state index contributed by atoms with van der Waals surface area (Å²) in [5.41, 5.74) is 7.57. The molecular formula is C14H20N4. The number of fused-ring (bicyclic) bond motifs is 1. The van der Waals surface area contributed by atoms with Crippen molar-refractivity contribution in [3.63, 3.8) is 0 Å². The summed E-state index contributed by atoms with van der Waals surface area (Å²) in [6.07, 6.45) is 3.84. The van der Waals surface area contributed by atoms with E-state index in [1.54, 1.807) is 6.33 Å². The fraction of sp³-hybridized carbons (Fsp3) is 0.429. The second-order valence-electron chi connectivity index (χ2n) is 4.46. The van der Waals surface area contributed by atoms with Crippen molar-refractivity contribution < 1.29 is 0 Å². The predicted molar refractivity (Wildman–Crippen MR) is 76.7 cm³/mol. The zero-order chi connectivity index (χ0) is 13.0. The quantitative estimate of drug-likeness (QED) is 0.822. The average molecular weight is 244 g/mol. The van der Waals surface area contributed by atoms with Crippen LogP contribution in [0.3, 0.4) is 0 Å². The third kappa shape index (κ3) is 2.53. The summed E-state index contributed by atoms with van der Waals surface area (Å²) in [6.45, 7) is 6.38. The average Bonchev–Trinajstić information content (AvgIpc) is 2.38. The second kappa shape index (κ2) is 5.67. The van der Waals surface area contributed by atoms with E-state index in [-0.39, 0.29) is 0 Å². The van der Waals surface area contributed by atoms with Crippen molar-refractivity contribution in [1.82, 2.24) is 9.97 Å². The van der Waals surface area contributed by atoms with Crippen LogP contribution in [-0.4, -0.2) is 23.1 Å². The molecule has 0 saturated heterocycles. The van der Waals surface area contributed by atoms with E-state index in [0.29, 0.717) is 0 Å². The van der Waals surface area contributed by atoms with Crippen molar-refractivity contribution in [2.24, 2.45) is 0 Å². The van der Waals surface area contributed by atoms with Crippen LogP contribution in [0.2, 0.25) is 0 Å². The van der Waals surface area contributed by atoms with Gasteiger partial charge in [0.2, 0.25) is 0 Å². The molecule has 4 heteroatoms. The Bertz CT molecular complexity index is 518. The number of hydrogen-bond acceptors (Lipinski definition) is 4. The van der Waals surface area contributed by atoms with Gasteiger partial charge in [0.1, 0.15) is 12.1 Å². The van der Waals surface area contributed by atoms with Gasteiger partial charge in [-0.2, -0.15) is 0 Å². The summed E-state index contributed by atoms with van der Waals surface area (Å²) in [4.78, 5) is 11.0. The maximum Gasteiger partial charge on any atom is 0.139 e. The van der Waals surface area contributed by atoms with Gasteiger partial charge < -0.3 is 10.6 Å². The molecule has 2 N–H and O–H groups in total. The SMILES string of the molecule is CCCN(CCC)c1ncnc2ccc(N)cc12. The van der Waals surface area contributed by atoms with E-state index in [2.05, 4.69) is 28.7 Å². The Morgan fingerprint density at radius 1 is 1.11 bits per heavy atom. The first kappa shape index (κ1) is 12.6. The van der Waals surface area contributed by atoms with Crippen molar-refractivity contribution in [1.29, 1.82) is 0 Å². The monoisotopic (exact) mass is 244 g/mol. The Hall–Kier alpha value is -1.84. The molecule has 4 nitrogen and oxygen atoms in total. The van der Waals surface area contributed by atoms with Gasteiger partial charge in [0.05, 0.1) is 5.52 Å². The molecule has 2 aromatic rings. The van der Waals surface area contributed by atoms with Gasteiger partial charge in [-0.05, 0) is 31.0 Å². The lowest BCUT2D eigenvalue weighted by Gasteiger charge is -2.23. The molecule has 18 heavy (non-hydrogen) atoms. The normalized spacial score (nSPS) is 10.8. The van der Waals surface area contributed by atoms with Crippen LogP contribution < -0.4 is 10.6 Å². The predicted octanol–water partition coefficient (Wildman–Crippen LogP) is 2.84. The molecule has 0 aliphatic carbocycles. The van der Waals surface area contributed by atoms with E-state index in [0.717, 1.165) is 48.3 Å². The van der Waals surface area contributed by atoms with Crippen LogP contribution >= 0.6 is 0 Å². The van der Waals surface area contributed by atoms with Crippen molar-refractivity contribution in [2.45, 2.75) is 26.7 Å².